The Morgan fingerprint density at radius 2 is 0.961 bits per heavy atom. The largest absolute Gasteiger partial charge is 0.354 e. The van der Waals surface area contributed by atoms with Crippen LogP contribution in [0.5, 0.6) is 0 Å². The van der Waals surface area contributed by atoms with Gasteiger partial charge in [0.05, 0.1) is 0 Å². The molecule has 0 bridgehead atoms. The number of carbonyl (C=O) groups excluding carboxylic acids is 9. The quantitative estimate of drug-likeness (QED) is 0.0556. The molecule has 2 aromatic rings. The molecule has 1 aliphatic heterocycles. The lowest BCUT2D eigenvalue weighted by Crippen LogP contribution is -2.61. The van der Waals surface area contributed by atoms with Gasteiger partial charge in [-0.3, -0.25) is 43.2 Å². The molecule has 17 N–H and O–H groups in total. The Morgan fingerprint density at radius 1 is 0.539 bits per heavy atom. The predicted octanol–water partition coefficient (Wildman–Crippen LogP) is -0.548. The van der Waals surface area contributed by atoms with E-state index in [-0.39, 0.29) is 102 Å². The van der Waals surface area contributed by atoms with Crippen molar-refractivity contribution >= 4 is 53.2 Å². The Hall–Kier alpha value is -6.49. The summed E-state index contributed by atoms with van der Waals surface area (Å²) in [6, 6.07) is 7.29. The van der Waals surface area contributed by atoms with Crippen LogP contribution in [0, 0.1) is 5.92 Å². The number of rotatable bonds is 25. The molecule has 8 atom stereocenters. The lowest BCUT2D eigenvalue weighted by molar-refractivity contribution is -0.136. The zero-order valence-corrected chi connectivity index (χ0v) is 44.8. The molecule has 0 unspecified atom stereocenters. The number of benzene rings is 2. The van der Waals surface area contributed by atoms with Gasteiger partial charge < -0.3 is 70.8 Å². The van der Waals surface area contributed by atoms with Crippen LogP contribution in [0.3, 0.4) is 0 Å². The predicted molar refractivity (Wildman–Crippen MR) is 290 cm³/mol. The van der Waals surface area contributed by atoms with E-state index in [0.717, 1.165) is 38.5 Å². The molecule has 22 nitrogen and oxygen atoms in total. The van der Waals surface area contributed by atoms with Gasteiger partial charge in [-0.05, 0) is 88.2 Å². The lowest BCUT2D eigenvalue weighted by atomic mass is 10.0. The number of hydrogen-bond donors (Lipinski definition) is 13. The van der Waals surface area contributed by atoms with Crippen LogP contribution in [-0.4, -0.2) is 134 Å². The average molecular weight is 1060 g/mol. The van der Waals surface area contributed by atoms with E-state index in [2.05, 4.69) is 54.8 Å². The van der Waals surface area contributed by atoms with Crippen molar-refractivity contribution in [1.29, 1.82) is 0 Å². The minimum Gasteiger partial charge on any atom is -0.354 e. The van der Waals surface area contributed by atoms with E-state index in [1.54, 1.807) is 60.7 Å². The highest BCUT2D eigenvalue weighted by Crippen LogP contribution is 2.12. The van der Waals surface area contributed by atoms with Gasteiger partial charge in [0.15, 0.2) is 0 Å². The fraction of sp³-hybridized carbons (Fsp3) is 0.611. The third-order valence-corrected chi connectivity index (χ3v) is 12.9. The summed E-state index contributed by atoms with van der Waals surface area (Å²) in [7, 11) is 0. The molecule has 1 fully saturated rings. The van der Waals surface area contributed by atoms with E-state index in [1.165, 1.54) is 0 Å². The Balaban J connectivity index is 2.10. The van der Waals surface area contributed by atoms with Crippen LogP contribution in [0.25, 0.3) is 0 Å². The molecule has 1 saturated heterocycles. The van der Waals surface area contributed by atoms with Crippen molar-refractivity contribution in [1.82, 2.24) is 47.9 Å². The van der Waals surface area contributed by atoms with E-state index in [1.807, 2.05) is 13.8 Å². The first-order valence-electron chi connectivity index (χ1n) is 27.1. The van der Waals surface area contributed by atoms with Gasteiger partial charge in [-0.1, -0.05) is 120 Å². The minimum atomic E-state index is -1.42. The molecular formula is C54H87N13O9. The number of carbonyl (C=O) groups is 9. The van der Waals surface area contributed by atoms with Crippen molar-refractivity contribution in [2.45, 2.75) is 172 Å². The SMILES string of the molecule is CCCCCCCCCC(=O)N[C@H](CCN)C(=O)N[C@H]1CCNC(=O)[C@H](CC(C)C)NC(=O)[C@H](CCN)NC(=O)[C@H](CCN)NC(=O)[C@H](Cc2ccccc2)NC(=O)[C@@H](Cc2ccccc2)NC(=O)[C@H](CCN)NC1=O. The van der Waals surface area contributed by atoms with Crippen molar-refractivity contribution in [3.8, 4) is 0 Å². The highest BCUT2D eigenvalue weighted by atomic mass is 16.2. The second-order valence-corrected chi connectivity index (χ2v) is 19.8. The van der Waals surface area contributed by atoms with Gasteiger partial charge in [-0.25, -0.2) is 0 Å². The zero-order chi connectivity index (χ0) is 55.8. The number of hydrogen-bond acceptors (Lipinski definition) is 13. The van der Waals surface area contributed by atoms with E-state index < -0.39 is 95.6 Å². The van der Waals surface area contributed by atoms with E-state index in [0.29, 0.717) is 17.5 Å². The Morgan fingerprint density at radius 3 is 1.41 bits per heavy atom. The van der Waals surface area contributed by atoms with Gasteiger partial charge >= 0.3 is 0 Å². The van der Waals surface area contributed by atoms with Crippen LogP contribution in [0.4, 0.5) is 0 Å². The van der Waals surface area contributed by atoms with Crippen molar-refractivity contribution in [3.05, 3.63) is 71.8 Å². The Kier molecular flexibility index (Phi) is 30.0. The third-order valence-electron chi connectivity index (χ3n) is 12.9. The fourth-order valence-corrected chi connectivity index (χ4v) is 8.71. The van der Waals surface area contributed by atoms with Gasteiger partial charge in [0.25, 0.3) is 0 Å². The number of nitrogens with two attached hydrogens (primary N) is 4. The number of amides is 9. The summed E-state index contributed by atoms with van der Waals surface area (Å²) in [6.45, 7) is 5.41. The molecule has 0 aromatic heterocycles. The highest BCUT2D eigenvalue weighted by molar-refractivity contribution is 5.98. The number of unbranched alkanes of at least 4 members (excludes halogenated alkanes) is 6. The summed E-state index contributed by atoms with van der Waals surface area (Å²) in [4.78, 5) is 127. The standard InChI is InChI=1S/C54H87N13O9/c1-4-5-6-7-8-9-16-21-46(68)60-38(22-27-55)48(70)64-42-26-31-59-47(69)43(32-35(2)3)65-50(72)40(24-29-57)61-49(71)39(23-28-56)63-53(75)44(33-36-17-12-10-13-18-36)67-54(76)45(34-37-19-14-11-15-20-37)66-51(73)41(25-30-58)62-52(42)74/h10-15,17-20,35,38-45H,4-9,16,21-34,55-58H2,1-3H3,(H,59,69)(H,60,68)(H,61,71)(H,62,74)(H,63,75)(H,64,70)(H,65,72)(H,66,73)(H,67,76)/t38-,39+,40+,41+,42+,43+,44+,45-/m1/s1. The highest BCUT2D eigenvalue weighted by Gasteiger charge is 2.35. The summed E-state index contributed by atoms with van der Waals surface area (Å²) in [6.07, 6.45) is 6.72. The summed E-state index contributed by atoms with van der Waals surface area (Å²) < 4.78 is 0. The van der Waals surface area contributed by atoms with Crippen molar-refractivity contribution in [2.75, 3.05) is 32.7 Å². The average Bonchev–Trinajstić information content (AvgIpc) is 3.39. The molecule has 3 rings (SSSR count). The van der Waals surface area contributed by atoms with Gasteiger partial charge in [0, 0.05) is 25.8 Å². The second kappa shape index (κ2) is 35.7. The molecule has 1 aliphatic rings. The maximum absolute atomic E-state index is 14.6. The van der Waals surface area contributed by atoms with Crippen LogP contribution < -0.4 is 70.8 Å². The molecule has 0 aliphatic carbocycles. The minimum absolute atomic E-state index is 0.0178. The molecule has 76 heavy (non-hydrogen) atoms. The molecule has 0 radical (unpaired) electrons. The molecule has 0 saturated carbocycles. The molecule has 22 heteroatoms. The lowest BCUT2D eigenvalue weighted by Gasteiger charge is -2.28. The summed E-state index contributed by atoms with van der Waals surface area (Å²) in [5.41, 5.74) is 25.0. The number of nitrogens with one attached hydrogen (secondary N) is 9. The van der Waals surface area contributed by atoms with Gasteiger partial charge in [-0.15, -0.1) is 0 Å². The van der Waals surface area contributed by atoms with Crippen molar-refractivity contribution in [2.24, 2.45) is 28.9 Å². The van der Waals surface area contributed by atoms with Gasteiger partial charge in [-0.2, -0.15) is 0 Å². The third kappa shape index (κ3) is 23.6. The molecule has 9 amide bonds. The first-order valence-corrected chi connectivity index (χ1v) is 27.1. The first kappa shape index (κ1) is 63.8. The fourth-order valence-electron chi connectivity index (χ4n) is 8.71. The van der Waals surface area contributed by atoms with E-state index in [9.17, 15) is 43.2 Å². The molecule has 422 valence electrons. The Bertz CT molecular complexity index is 2130. The molecule has 2 aromatic carbocycles. The maximum atomic E-state index is 14.6. The topological polar surface area (TPSA) is 366 Å². The van der Waals surface area contributed by atoms with Crippen LogP contribution in [-0.2, 0) is 56.0 Å². The molecule has 1 heterocycles. The summed E-state index contributed by atoms with van der Waals surface area (Å²) >= 11 is 0. The van der Waals surface area contributed by atoms with Crippen LogP contribution in [0.1, 0.15) is 122 Å². The summed E-state index contributed by atoms with van der Waals surface area (Å²) in [5.74, 6) is -6.57. The first-order chi connectivity index (χ1) is 36.5. The maximum Gasteiger partial charge on any atom is 0.243 e. The van der Waals surface area contributed by atoms with Gasteiger partial charge in [0.2, 0.25) is 53.2 Å². The van der Waals surface area contributed by atoms with E-state index in [4.69, 9.17) is 22.9 Å². The van der Waals surface area contributed by atoms with Gasteiger partial charge in [0.1, 0.15) is 48.3 Å². The monoisotopic (exact) mass is 1060 g/mol. The zero-order valence-electron chi connectivity index (χ0n) is 44.8. The van der Waals surface area contributed by atoms with Crippen LogP contribution >= 0.6 is 0 Å². The van der Waals surface area contributed by atoms with Crippen molar-refractivity contribution < 1.29 is 43.2 Å². The van der Waals surface area contributed by atoms with Crippen LogP contribution in [0.2, 0.25) is 0 Å². The normalized spacial score (nSPS) is 22.2. The van der Waals surface area contributed by atoms with Crippen molar-refractivity contribution in [3.63, 3.8) is 0 Å². The molecular weight excluding hydrogens is 975 g/mol. The molecule has 0 spiro atoms. The summed E-state index contributed by atoms with van der Waals surface area (Å²) in [5, 5.41) is 24.5. The Labute approximate surface area is 448 Å². The second-order valence-electron chi connectivity index (χ2n) is 19.8. The van der Waals surface area contributed by atoms with E-state index >= 15 is 0 Å². The smallest absolute Gasteiger partial charge is 0.243 e. The van der Waals surface area contributed by atoms with Crippen LogP contribution in [0.15, 0.2) is 60.7 Å².